The predicted molar refractivity (Wildman–Crippen MR) is 104 cm³/mol. The highest BCUT2D eigenvalue weighted by Crippen LogP contribution is 2.59. The third-order valence-electron chi connectivity index (χ3n) is 7.67. The van der Waals surface area contributed by atoms with Crippen molar-refractivity contribution in [3.8, 4) is 0 Å². The van der Waals surface area contributed by atoms with Crippen LogP contribution in [0.1, 0.15) is 72.1 Å². The number of hydrogen-bond acceptors (Lipinski definition) is 2. The number of fused-ring (bicyclic) bond motifs is 1. The van der Waals surface area contributed by atoms with Crippen LogP contribution in [0.25, 0.3) is 0 Å². The van der Waals surface area contributed by atoms with Crippen molar-refractivity contribution in [1.82, 2.24) is 0 Å². The van der Waals surface area contributed by atoms with E-state index >= 15 is 0 Å². The second-order valence-corrected chi connectivity index (χ2v) is 9.06. The van der Waals surface area contributed by atoms with Gasteiger partial charge in [0.15, 0.2) is 0 Å². The number of aliphatic hydroxyl groups is 2. The molecule has 6 atom stereocenters. The molecule has 0 aromatic rings. The largest absolute Gasteiger partial charge is 0.388 e. The maximum Gasteiger partial charge on any atom is 0.0809 e. The lowest BCUT2D eigenvalue weighted by Gasteiger charge is -2.44. The minimum absolute atomic E-state index is 0.470. The Morgan fingerprint density at radius 3 is 2.52 bits per heavy atom. The van der Waals surface area contributed by atoms with Crippen LogP contribution in [-0.2, 0) is 0 Å². The zero-order valence-electron chi connectivity index (χ0n) is 16.3. The number of allylic oxidation sites excluding steroid dienone is 3. The van der Waals surface area contributed by atoms with Gasteiger partial charge >= 0.3 is 0 Å². The number of hydrogen-bond donors (Lipinski definition) is 2. The predicted octanol–water partition coefficient (Wildman–Crippen LogP) is 5.17. The molecule has 0 spiro atoms. The molecule has 3 rings (SSSR count). The molecule has 2 nitrogen and oxygen atoms in total. The summed E-state index contributed by atoms with van der Waals surface area (Å²) in [6.45, 7) is 11.1. The SMILES string of the molecule is C=C1[C@H](O)CC(=C/C=C2\CCC[C@]3(C)C([C@H](C)CC)CC[C@@H]23)C[C@H]1O. The lowest BCUT2D eigenvalue weighted by molar-refractivity contribution is 0.0961. The van der Waals surface area contributed by atoms with Gasteiger partial charge in [-0.2, -0.15) is 0 Å². The Hall–Kier alpha value is -0.860. The van der Waals surface area contributed by atoms with Gasteiger partial charge in [-0.05, 0) is 73.7 Å². The molecule has 3 aliphatic rings. The summed E-state index contributed by atoms with van der Waals surface area (Å²) >= 11 is 0. The molecule has 2 N–H and O–H groups in total. The van der Waals surface area contributed by atoms with E-state index < -0.39 is 12.2 Å². The Kier molecular flexibility index (Phi) is 5.60. The van der Waals surface area contributed by atoms with Gasteiger partial charge in [-0.25, -0.2) is 0 Å². The van der Waals surface area contributed by atoms with Crippen LogP contribution < -0.4 is 0 Å². The van der Waals surface area contributed by atoms with Crippen molar-refractivity contribution < 1.29 is 10.2 Å². The zero-order chi connectivity index (χ0) is 18.2. The smallest absolute Gasteiger partial charge is 0.0809 e. The van der Waals surface area contributed by atoms with Crippen LogP contribution in [0.3, 0.4) is 0 Å². The minimum atomic E-state index is -0.591. The standard InChI is InChI=1S/C23H36O2/c1-5-15(2)19-10-11-20-18(7-6-12-23(19,20)4)9-8-17-13-21(24)16(3)22(25)14-17/h8-9,15,19-22,24-25H,3,5-7,10-14H2,1-2,4H3/b18-9+/t15-,19?,20+,21-,22-,23-/m1/s1. The molecule has 0 heterocycles. The molecule has 0 aromatic carbocycles. The summed E-state index contributed by atoms with van der Waals surface area (Å²) in [5.41, 5.74) is 3.81. The molecular formula is C23H36O2. The lowest BCUT2D eigenvalue weighted by Crippen LogP contribution is -2.35. The molecule has 0 saturated heterocycles. The Balaban J connectivity index is 1.78. The Labute approximate surface area is 153 Å². The fraction of sp³-hybridized carbons (Fsp3) is 0.739. The second-order valence-electron chi connectivity index (χ2n) is 9.06. The molecule has 3 fully saturated rings. The van der Waals surface area contributed by atoms with Gasteiger partial charge < -0.3 is 10.2 Å². The third kappa shape index (κ3) is 3.53. The van der Waals surface area contributed by atoms with Crippen LogP contribution in [-0.4, -0.2) is 22.4 Å². The number of aliphatic hydroxyl groups excluding tert-OH is 2. The molecule has 0 aromatic heterocycles. The summed E-state index contributed by atoms with van der Waals surface area (Å²) in [4.78, 5) is 0. The van der Waals surface area contributed by atoms with Crippen molar-refractivity contribution in [3.63, 3.8) is 0 Å². The van der Waals surface area contributed by atoms with Crippen molar-refractivity contribution >= 4 is 0 Å². The van der Waals surface area contributed by atoms with Crippen LogP contribution >= 0.6 is 0 Å². The van der Waals surface area contributed by atoms with E-state index in [4.69, 9.17) is 0 Å². The van der Waals surface area contributed by atoms with E-state index in [9.17, 15) is 10.2 Å². The van der Waals surface area contributed by atoms with Crippen molar-refractivity contribution in [2.75, 3.05) is 0 Å². The van der Waals surface area contributed by atoms with Crippen LogP contribution in [0.2, 0.25) is 0 Å². The highest BCUT2D eigenvalue weighted by molar-refractivity contribution is 5.29. The van der Waals surface area contributed by atoms with Crippen molar-refractivity contribution in [3.05, 3.63) is 35.5 Å². The van der Waals surface area contributed by atoms with E-state index in [0.717, 1.165) is 23.3 Å². The summed E-state index contributed by atoms with van der Waals surface area (Å²) in [6, 6.07) is 0. The molecule has 2 heteroatoms. The molecule has 140 valence electrons. The Morgan fingerprint density at radius 1 is 1.20 bits per heavy atom. The van der Waals surface area contributed by atoms with Gasteiger partial charge in [0, 0.05) is 0 Å². The van der Waals surface area contributed by atoms with Gasteiger partial charge in [-0.3, -0.25) is 0 Å². The molecule has 3 saturated carbocycles. The molecule has 0 bridgehead atoms. The Bertz CT molecular complexity index is 557. The van der Waals surface area contributed by atoms with Crippen LogP contribution in [0.5, 0.6) is 0 Å². The lowest BCUT2D eigenvalue weighted by atomic mass is 9.61. The third-order valence-corrected chi connectivity index (χ3v) is 7.67. The fourth-order valence-electron chi connectivity index (χ4n) is 5.92. The van der Waals surface area contributed by atoms with Crippen molar-refractivity contribution in [1.29, 1.82) is 0 Å². The van der Waals surface area contributed by atoms with Gasteiger partial charge in [0.25, 0.3) is 0 Å². The molecule has 1 unspecified atom stereocenters. The zero-order valence-corrected chi connectivity index (χ0v) is 16.3. The first kappa shape index (κ1) is 18.9. The normalized spacial score (nSPS) is 41.7. The molecule has 0 amide bonds. The van der Waals surface area contributed by atoms with Crippen LogP contribution in [0.15, 0.2) is 35.5 Å². The monoisotopic (exact) mass is 344 g/mol. The first-order valence-electron chi connectivity index (χ1n) is 10.3. The van der Waals surface area contributed by atoms with Crippen LogP contribution in [0.4, 0.5) is 0 Å². The van der Waals surface area contributed by atoms with E-state index in [1.807, 2.05) is 0 Å². The van der Waals surface area contributed by atoms with Gasteiger partial charge in [-0.1, -0.05) is 57.1 Å². The van der Waals surface area contributed by atoms with Gasteiger partial charge in [0.05, 0.1) is 12.2 Å². The average molecular weight is 345 g/mol. The summed E-state index contributed by atoms with van der Waals surface area (Å²) in [6.07, 6.45) is 12.5. The molecule has 25 heavy (non-hydrogen) atoms. The van der Waals surface area contributed by atoms with E-state index in [0.29, 0.717) is 23.8 Å². The minimum Gasteiger partial charge on any atom is -0.388 e. The van der Waals surface area contributed by atoms with Crippen molar-refractivity contribution in [2.45, 2.75) is 84.3 Å². The summed E-state index contributed by atoms with van der Waals surface area (Å²) in [5.74, 6) is 2.41. The fourth-order valence-corrected chi connectivity index (χ4v) is 5.92. The first-order chi connectivity index (χ1) is 11.9. The first-order valence-corrected chi connectivity index (χ1v) is 10.3. The molecular weight excluding hydrogens is 308 g/mol. The van der Waals surface area contributed by atoms with Gasteiger partial charge in [-0.15, -0.1) is 0 Å². The topological polar surface area (TPSA) is 40.5 Å². The van der Waals surface area contributed by atoms with Crippen LogP contribution in [0, 0.1) is 23.2 Å². The highest BCUT2D eigenvalue weighted by atomic mass is 16.3. The average Bonchev–Trinajstić information content (AvgIpc) is 2.94. The molecule has 0 aliphatic heterocycles. The van der Waals surface area contributed by atoms with E-state index in [2.05, 4.69) is 39.5 Å². The van der Waals surface area contributed by atoms with E-state index in [1.165, 1.54) is 38.5 Å². The van der Waals surface area contributed by atoms with Gasteiger partial charge in [0.2, 0.25) is 0 Å². The highest BCUT2D eigenvalue weighted by Gasteiger charge is 2.50. The second kappa shape index (κ2) is 7.40. The maximum absolute atomic E-state index is 10.0. The molecule has 3 aliphatic carbocycles. The van der Waals surface area contributed by atoms with Crippen molar-refractivity contribution in [2.24, 2.45) is 23.2 Å². The van der Waals surface area contributed by atoms with E-state index in [1.54, 1.807) is 5.57 Å². The summed E-state index contributed by atoms with van der Waals surface area (Å²) in [7, 11) is 0. The summed E-state index contributed by atoms with van der Waals surface area (Å²) < 4.78 is 0. The number of rotatable bonds is 3. The quantitative estimate of drug-likeness (QED) is 0.693. The van der Waals surface area contributed by atoms with Gasteiger partial charge in [0.1, 0.15) is 0 Å². The maximum atomic E-state index is 10.0. The van der Waals surface area contributed by atoms with E-state index in [-0.39, 0.29) is 0 Å². The summed E-state index contributed by atoms with van der Waals surface area (Å²) in [5, 5.41) is 20.1. The molecule has 0 radical (unpaired) electrons. The Morgan fingerprint density at radius 2 is 1.88 bits per heavy atom.